The number of para-hydroxylation sites is 1. The average molecular weight is 464 g/mol. The number of fused-ring (bicyclic) bond motifs is 1. The van der Waals surface area contributed by atoms with Crippen LogP contribution in [0.2, 0.25) is 0 Å². The van der Waals surface area contributed by atoms with Crippen LogP contribution in [0.3, 0.4) is 0 Å². The van der Waals surface area contributed by atoms with Gasteiger partial charge in [0.1, 0.15) is 24.2 Å². The van der Waals surface area contributed by atoms with Gasteiger partial charge in [0.05, 0.1) is 12.3 Å². The number of phenolic OH excluding ortho intramolecular Hbond substituents is 1. The van der Waals surface area contributed by atoms with E-state index in [0.717, 1.165) is 5.56 Å². The van der Waals surface area contributed by atoms with Gasteiger partial charge in [0.15, 0.2) is 11.2 Å². The Morgan fingerprint density at radius 3 is 2.59 bits per heavy atom. The van der Waals surface area contributed by atoms with Crippen molar-refractivity contribution in [3.05, 3.63) is 81.0 Å². The Balaban J connectivity index is 1.65. The van der Waals surface area contributed by atoms with Crippen LogP contribution in [0.1, 0.15) is 12.5 Å². The lowest BCUT2D eigenvalue weighted by Crippen LogP contribution is -2.30. The predicted molar refractivity (Wildman–Crippen MR) is 127 cm³/mol. The van der Waals surface area contributed by atoms with Gasteiger partial charge in [-0.15, -0.1) is 0 Å². The molecule has 11 nitrogen and oxygen atoms in total. The van der Waals surface area contributed by atoms with Crippen molar-refractivity contribution in [1.82, 2.24) is 19.1 Å². The molecule has 4 N–H and O–H groups in total. The number of rotatable bonds is 8. The van der Waals surface area contributed by atoms with Gasteiger partial charge in [-0.25, -0.2) is 10.2 Å². The van der Waals surface area contributed by atoms with Crippen molar-refractivity contribution >= 4 is 22.8 Å². The number of aromatic amines is 1. The van der Waals surface area contributed by atoms with Crippen molar-refractivity contribution in [3.8, 4) is 11.5 Å². The monoisotopic (exact) mass is 464 g/mol. The summed E-state index contributed by atoms with van der Waals surface area (Å²) in [7, 11) is 1.49. The largest absolute Gasteiger partial charge is 0.508 e. The summed E-state index contributed by atoms with van der Waals surface area (Å²) < 4.78 is 8.28. The number of nitrogens with one attached hydrogen (secondary N) is 2. The number of phenols is 1. The van der Waals surface area contributed by atoms with Crippen molar-refractivity contribution in [1.29, 1.82) is 0 Å². The second-order valence-electron chi connectivity index (χ2n) is 7.67. The van der Waals surface area contributed by atoms with Gasteiger partial charge in [-0.2, -0.15) is 10.1 Å². The second kappa shape index (κ2) is 9.63. The number of aliphatic hydroxyl groups is 1. The highest BCUT2D eigenvalue weighted by atomic mass is 16.5. The van der Waals surface area contributed by atoms with Crippen molar-refractivity contribution in [3.63, 3.8) is 0 Å². The number of hydrogen-bond donors (Lipinski definition) is 4. The number of ether oxygens (including phenoxy) is 1. The van der Waals surface area contributed by atoms with E-state index in [0.29, 0.717) is 11.5 Å². The van der Waals surface area contributed by atoms with Crippen LogP contribution in [0, 0.1) is 0 Å². The minimum Gasteiger partial charge on any atom is -0.508 e. The Hall–Kier alpha value is -4.38. The third-order valence-corrected chi connectivity index (χ3v) is 5.19. The summed E-state index contributed by atoms with van der Waals surface area (Å²) in [5.41, 5.74) is 3.20. The Labute approximate surface area is 193 Å². The smallest absolute Gasteiger partial charge is 0.329 e. The Bertz CT molecular complexity index is 1440. The molecule has 0 aliphatic heterocycles. The van der Waals surface area contributed by atoms with Crippen LogP contribution in [0.25, 0.3) is 11.2 Å². The molecule has 2 heterocycles. The first-order valence-corrected chi connectivity index (χ1v) is 10.5. The van der Waals surface area contributed by atoms with Gasteiger partial charge in [-0.05, 0) is 48.9 Å². The number of H-pyrrole nitrogens is 1. The zero-order valence-corrected chi connectivity index (χ0v) is 18.6. The summed E-state index contributed by atoms with van der Waals surface area (Å²) in [4.78, 5) is 31.3. The predicted octanol–water partition coefficient (Wildman–Crippen LogP) is 1.40. The molecule has 0 saturated carbocycles. The Morgan fingerprint density at radius 2 is 1.88 bits per heavy atom. The molecule has 0 fully saturated rings. The summed E-state index contributed by atoms with van der Waals surface area (Å²) in [6.07, 6.45) is -0.989. The molecule has 0 spiro atoms. The third-order valence-electron chi connectivity index (χ3n) is 5.19. The second-order valence-corrected chi connectivity index (χ2v) is 7.67. The fourth-order valence-electron chi connectivity index (χ4n) is 3.37. The maximum Gasteiger partial charge on any atom is 0.329 e. The van der Waals surface area contributed by atoms with Crippen molar-refractivity contribution < 1.29 is 14.9 Å². The van der Waals surface area contributed by atoms with E-state index in [-0.39, 0.29) is 36.0 Å². The number of imidazole rings is 1. The van der Waals surface area contributed by atoms with Gasteiger partial charge in [-0.3, -0.25) is 14.3 Å². The fourth-order valence-corrected chi connectivity index (χ4v) is 3.37. The highest BCUT2D eigenvalue weighted by Crippen LogP contribution is 2.18. The normalized spacial score (nSPS) is 12.6. The van der Waals surface area contributed by atoms with E-state index in [2.05, 4.69) is 20.5 Å². The molecule has 0 radical (unpaired) electrons. The number of aryl methyl sites for hydroxylation is 1. The molecule has 0 aliphatic rings. The summed E-state index contributed by atoms with van der Waals surface area (Å²) in [5.74, 6) is 0.904. The summed E-state index contributed by atoms with van der Waals surface area (Å²) in [6.45, 7) is 1.70. The van der Waals surface area contributed by atoms with Crippen LogP contribution in [0.15, 0.2) is 69.3 Å². The number of aromatic hydroxyl groups is 1. The number of aromatic nitrogens is 4. The molecule has 0 aliphatic carbocycles. The summed E-state index contributed by atoms with van der Waals surface area (Å²) in [6, 6.07) is 15.5. The first kappa shape index (κ1) is 22.8. The molecule has 4 aromatic rings. The summed E-state index contributed by atoms with van der Waals surface area (Å²) >= 11 is 0. The zero-order chi connectivity index (χ0) is 24.2. The quantitative estimate of drug-likeness (QED) is 0.228. The lowest BCUT2D eigenvalue weighted by molar-refractivity contribution is 0.0938. The molecule has 11 heteroatoms. The SMILES string of the molecule is C/C(=N/Nc1nc2c(c(=O)[nH]c(=O)n2C)n1CC(O)COc1ccccc1)c1ccc(O)cc1. The van der Waals surface area contributed by atoms with Gasteiger partial charge in [0, 0.05) is 7.05 Å². The molecule has 34 heavy (non-hydrogen) atoms. The molecule has 1 unspecified atom stereocenters. The maximum atomic E-state index is 12.6. The molecule has 0 saturated heterocycles. The van der Waals surface area contributed by atoms with Crippen LogP contribution in [0.5, 0.6) is 11.5 Å². The van der Waals surface area contributed by atoms with Gasteiger partial charge in [0.25, 0.3) is 5.56 Å². The Morgan fingerprint density at radius 1 is 1.18 bits per heavy atom. The van der Waals surface area contributed by atoms with Crippen LogP contribution < -0.4 is 21.4 Å². The third kappa shape index (κ3) is 4.84. The van der Waals surface area contributed by atoms with Gasteiger partial charge in [-0.1, -0.05) is 18.2 Å². The minimum atomic E-state index is -0.989. The van der Waals surface area contributed by atoms with E-state index in [1.165, 1.54) is 16.2 Å². The van der Waals surface area contributed by atoms with Gasteiger partial charge >= 0.3 is 5.69 Å². The van der Waals surface area contributed by atoms with E-state index >= 15 is 0 Å². The van der Waals surface area contributed by atoms with Gasteiger partial charge in [0.2, 0.25) is 5.95 Å². The molecule has 0 amide bonds. The molecule has 2 aromatic carbocycles. The van der Waals surface area contributed by atoms with Crippen molar-refractivity contribution in [2.24, 2.45) is 12.1 Å². The maximum absolute atomic E-state index is 12.6. The standard InChI is InChI=1S/C23H24N6O5/c1-14(15-8-10-16(30)11-9-15)26-27-22-24-20-19(21(32)25-23(33)28(20)2)29(22)12-17(31)13-34-18-6-4-3-5-7-18/h3-11,17,30-31H,12-13H2,1-2H3,(H,24,27)(H,25,32,33)/b26-14-. The summed E-state index contributed by atoms with van der Waals surface area (Å²) in [5, 5.41) is 24.4. The Kier molecular flexibility index (Phi) is 6.46. The van der Waals surface area contributed by atoms with Crippen LogP contribution in [-0.2, 0) is 13.6 Å². The first-order valence-electron chi connectivity index (χ1n) is 10.5. The number of hydrazone groups is 1. The highest BCUT2D eigenvalue weighted by Gasteiger charge is 2.20. The van der Waals surface area contributed by atoms with Crippen LogP contribution in [0.4, 0.5) is 5.95 Å². The number of nitrogens with zero attached hydrogens (tertiary/aromatic N) is 4. The molecule has 4 rings (SSSR count). The number of benzene rings is 2. The first-order chi connectivity index (χ1) is 16.3. The van der Waals surface area contributed by atoms with E-state index in [9.17, 15) is 19.8 Å². The molecule has 176 valence electrons. The topological polar surface area (TPSA) is 147 Å². The molecule has 2 aromatic heterocycles. The molecule has 0 bridgehead atoms. The number of aliphatic hydroxyl groups excluding tert-OH is 1. The van der Waals surface area contributed by atoms with Crippen LogP contribution in [-0.4, -0.2) is 47.7 Å². The van der Waals surface area contributed by atoms with Crippen molar-refractivity contribution in [2.45, 2.75) is 19.6 Å². The average Bonchev–Trinajstić information content (AvgIpc) is 3.19. The highest BCUT2D eigenvalue weighted by molar-refractivity contribution is 5.99. The van der Waals surface area contributed by atoms with Gasteiger partial charge < -0.3 is 19.5 Å². The fraction of sp³-hybridized carbons (Fsp3) is 0.217. The lowest BCUT2D eigenvalue weighted by Gasteiger charge is -2.15. The molecule has 1 atom stereocenters. The van der Waals surface area contributed by atoms with Crippen LogP contribution >= 0.6 is 0 Å². The zero-order valence-electron chi connectivity index (χ0n) is 18.6. The molecular weight excluding hydrogens is 440 g/mol. The van der Waals surface area contributed by atoms with E-state index in [1.807, 2.05) is 18.2 Å². The number of hydrogen-bond acceptors (Lipinski definition) is 8. The minimum absolute atomic E-state index is 0.0252. The lowest BCUT2D eigenvalue weighted by atomic mass is 10.1. The van der Waals surface area contributed by atoms with Crippen molar-refractivity contribution in [2.75, 3.05) is 12.0 Å². The van der Waals surface area contributed by atoms with E-state index < -0.39 is 17.4 Å². The number of anilines is 1. The van der Waals surface area contributed by atoms with E-state index in [4.69, 9.17) is 4.74 Å². The van der Waals surface area contributed by atoms with E-state index in [1.54, 1.807) is 43.3 Å². The molecular formula is C23H24N6O5.